The number of amides is 1. The number of hydrogen-bond acceptors (Lipinski definition) is 4. The summed E-state index contributed by atoms with van der Waals surface area (Å²) in [5.74, 6) is -0.384. The average molecular weight is 319 g/mol. The van der Waals surface area contributed by atoms with Crippen molar-refractivity contribution in [2.24, 2.45) is 0 Å². The number of thiophene rings is 1. The molecule has 2 rings (SSSR count). The molecule has 118 valence electrons. The Morgan fingerprint density at radius 2 is 2.00 bits per heavy atom. The van der Waals surface area contributed by atoms with E-state index in [2.05, 4.69) is 18.4 Å². The molecule has 0 saturated heterocycles. The molecule has 0 fully saturated rings. The zero-order valence-electron chi connectivity index (χ0n) is 12.6. The first-order valence-electron chi connectivity index (χ1n) is 7.36. The SMILES string of the molecule is Cc1csc(-c2ccc(C(O)CCCCC(=O)NO)cc2)c1. The van der Waals surface area contributed by atoms with Crippen molar-refractivity contribution in [3.63, 3.8) is 0 Å². The number of nitrogens with one attached hydrogen (secondary N) is 1. The molecule has 2 aromatic rings. The fourth-order valence-corrected chi connectivity index (χ4v) is 3.20. The number of carbonyl (C=O) groups excluding carboxylic acids is 1. The molecule has 1 aromatic carbocycles. The molecule has 0 radical (unpaired) electrons. The van der Waals surface area contributed by atoms with Gasteiger partial charge in [0.05, 0.1) is 6.10 Å². The summed E-state index contributed by atoms with van der Waals surface area (Å²) in [7, 11) is 0. The number of hydrogen-bond donors (Lipinski definition) is 3. The minimum Gasteiger partial charge on any atom is -0.388 e. The van der Waals surface area contributed by atoms with E-state index >= 15 is 0 Å². The van der Waals surface area contributed by atoms with Crippen molar-refractivity contribution in [2.75, 3.05) is 0 Å². The summed E-state index contributed by atoms with van der Waals surface area (Å²) in [6, 6.07) is 10.1. The second-order valence-electron chi connectivity index (χ2n) is 5.41. The van der Waals surface area contributed by atoms with Gasteiger partial charge < -0.3 is 5.11 Å². The van der Waals surface area contributed by atoms with Gasteiger partial charge in [-0.15, -0.1) is 11.3 Å². The first-order valence-corrected chi connectivity index (χ1v) is 8.24. The maximum absolute atomic E-state index is 10.9. The number of aryl methyl sites for hydroxylation is 1. The Hall–Kier alpha value is -1.69. The molecule has 0 bridgehead atoms. The van der Waals surface area contributed by atoms with E-state index in [9.17, 15) is 9.90 Å². The largest absolute Gasteiger partial charge is 0.388 e. The molecule has 1 unspecified atom stereocenters. The first kappa shape index (κ1) is 16.7. The number of benzene rings is 1. The maximum Gasteiger partial charge on any atom is 0.243 e. The van der Waals surface area contributed by atoms with Gasteiger partial charge in [0.2, 0.25) is 5.91 Å². The molecular weight excluding hydrogens is 298 g/mol. The summed E-state index contributed by atoms with van der Waals surface area (Å²) in [6.45, 7) is 2.08. The molecule has 1 heterocycles. The molecule has 0 saturated carbocycles. The molecule has 1 amide bonds. The summed E-state index contributed by atoms with van der Waals surface area (Å²) in [5.41, 5.74) is 4.92. The normalized spacial score (nSPS) is 12.1. The van der Waals surface area contributed by atoms with Crippen LogP contribution in [0.15, 0.2) is 35.7 Å². The second-order valence-corrected chi connectivity index (χ2v) is 6.32. The van der Waals surface area contributed by atoms with Crippen LogP contribution in [0.25, 0.3) is 10.4 Å². The van der Waals surface area contributed by atoms with Gasteiger partial charge in [-0.05, 0) is 47.9 Å². The highest BCUT2D eigenvalue weighted by atomic mass is 32.1. The number of carbonyl (C=O) groups is 1. The fourth-order valence-electron chi connectivity index (χ4n) is 2.30. The zero-order chi connectivity index (χ0) is 15.9. The van der Waals surface area contributed by atoms with Gasteiger partial charge in [0.15, 0.2) is 0 Å². The van der Waals surface area contributed by atoms with Crippen LogP contribution in [0.2, 0.25) is 0 Å². The lowest BCUT2D eigenvalue weighted by atomic mass is 10.0. The van der Waals surface area contributed by atoms with Crippen LogP contribution in [-0.4, -0.2) is 16.2 Å². The Bertz CT molecular complexity index is 607. The lowest BCUT2D eigenvalue weighted by molar-refractivity contribution is -0.129. The standard InChI is InChI=1S/C17H21NO3S/c1-12-10-16(22-11-12)14-8-6-13(7-9-14)15(19)4-2-3-5-17(20)18-21/h6-11,15,19,21H,2-5H2,1H3,(H,18,20). The molecule has 5 heteroatoms. The molecule has 0 aliphatic carbocycles. The van der Waals surface area contributed by atoms with E-state index in [-0.39, 0.29) is 12.3 Å². The van der Waals surface area contributed by atoms with E-state index in [1.807, 2.05) is 24.3 Å². The van der Waals surface area contributed by atoms with Crippen molar-refractivity contribution in [1.29, 1.82) is 0 Å². The van der Waals surface area contributed by atoms with Gasteiger partial charge in [-0.1, -0.05) is 30.7 Å². The molecule has 0 aliphatic heterocycles. The second kappa shape index (κ2) is 8.08. The van der Waals surface area contributed by atoms with Crippen LogP contribution >= 0.6 is 11.3 Å². The highest BCUT2D eigenvalue weighted by Gasteiger charge is 2.09. The zero-order valence-corrected chi connectivity index (χ0v) is 13.4. The van der Waals surface area contributed by atoms with Gasteiger partial charge in [-0.25, -0.2) is 5.48 Å². The third kappa shape index (κ3) is 4.66. The Morgan fingerprint density at radius 3 is 2.59 bits per heavy atom. The molecule has 0 spiro atoms. The predicted molar refractivity (Wildman–Crippen MR) is 87.8 cm³/mol. The van der Waals surface area contributed by atoms with Crippen LogP contribution < -0.4 is 5.48 Å². The van der Waals surface area contributed by atoms with Crippen molar-refractivity contribution < 1.29 is 15.1 Å². The molecule has 1 atom stereocenters. The van der Waals surface area contributed by atoms with Crippen LogP contribution in [0.3, 0.4) is 0 Å². The molecule has 3 N–H and O–H groups in total. The van der Waals surface area contributed by atoms with E-state index < -0.39 is 6.10 Å². The highest BCUT2D eigenvalue weighted by Crippen LogP contribution is 2.28. The molecular formula is C17H21NO3S. The summed E-state index contributed by atoms with van der Waals surface area (Å²) in [5, 5.41) is 20.7. The van der Waals surface area contributed by atoms with Gasteiger partial charge in [-0.3, -0.25) is 10.0 Å². The van der Waals surface area contributed by atoms with Crippen LogP contribution in [0.4, 0.5) is 0 Å². The van der Waals surface area contributed by atoms with Gasteiger partial charge in [0.25, 0.3) is 0 Å². The van der Waals surface area contributed by atoms with E-state index in [4.69, 9.17) is 5.21 Å². The van der Waals surface area contributed by atoms with Crippen LogP contribution in [0.1, 0.15) is 42.9 Å². The van der Waals surface area contributed by atoms with Gasteiger partial charge >= 0.3 is 0 Å². The summed E-state index contributed by atoms with van der Waals surface area (Å²) in [4.78, 5) is 12.1. The number of unbranched alkanes of at least 4 members (excludes halogenated alkanes) is 1. The van der Waals surface area contributed by atoms with Crippen LogP contribution in [0, 0.1) is 6.92 Å². The van der Waals surface area contributed by atoms with Crippen LogP contribution in [-0.2, 0) is 4.79 Å². The van der Waals surface area contributed by atoms with Gasteiger partial charge in [-0.2, -0.15) is 0 Å². The predicted octanol–water partition coefficient (Wildman–Crippen LogP) is 3.82. The molecule has 22 heavy (non-hydrogen) atoms. The quantitative estimate of drug-likeness (QED) is 0.413. The summed E-state index contributed by atoms with van der Waals surface area (Å²) in [6.07, 6.45) is 1.75. The van der Waals surface area contributed by atoms with Crippen LogP contribution in [0.5, 0.6) is 0 Å². The fraction of sp³-hybridized carbons (Fsp3) is 0.353. The monoisotopic (exact) mass is 319 g/mol. The average Bonchev–Trinajstić information content (AvgIpc) is 2.97. The Morgan fingerprint density at radius 1 is 1.27 bits per heavy atom. The number of aliphatic hydroxyl groups excluding tert-OH is 1. The smallest absolute Gasteiger partial charge is 0.243 e. The Balaban J connectivity index is 1.86. The van der Waals surface area contributed by atoms with Crippen molar-refractivity contribution in [1.82, 2.24) is 5.48 Å². The summed E-state index contributed by atoms with van der Waals surface area (Å²) >= 11 is 1.72. The molecule has 0 aliphatic rings. The minimum atomic E-state index is -0.517. The van der Waals surface area contributed by atoms with Crippen molar-refractivity contribution in [3.05, 3.63) is 46.8 Å². The topological polar surface area (TPSA) is 69.6 Å². The third-order valence-corrected chi connectivity index (χ3v) is 4.66. The van der Waals surface area contributed by atoms with Crippen molar-refractivity contribution in [2.45, 2.75) is 38.7 Å². The number of rotatable bonds is 7. The molecule has 4 nitrogen and oxygen atoms in total. The lowest BCUT2D eigenvalue weighted by Gasteiger charge is -2.11. The van der Waals surface area contributed by atoms with E-state index in [0.29, 0.717) is 12.8 Å². The summed E-state index contributed by atoms with van der Waals surface area (Å²) < 4.78 is 0. The highest BCUT2D eigenvalue weighted by molar-refractivity contribution is 7.13. The van der Waals surface area contributed by atoms with Crippen molar-refractivity contribution >= 4 is 17.2 Å². The lowest BCUT2D eigenvalue weighted by Crippen LogP contribution is -2.17. The number of aliphatic hydroxyl groups is 1. The number of hydroxylamine groups is 1. The maximum atomic E-state index is 10.9. The van der Waals surface area contributed by atoms with E-state index in [1.54, 1.807) is 16.8 Å². The Kier molecular flexibility index (Phi) is 6.12. The van der Waals surface area contributed by atoms with Gasteiger partial charge in [0, 0.05) is 11.3 Å². The Labute approximate surface area is 134 Å². The first-order chi connectivity index (χ1) is 10.6. The van der Waals surface area contributed by atoms with Crippen molar-refractivity contribution in [3.8, 4) is 10.4 Å². The van der Waals surface area contributed by atoms with Gasteiger partial charge in [0.1, 0.15) is 0 Å². The molecule has 1 aromatic heterocycles. The third-order valence-electron chi connectivity index (χ3n) is 3.57. The van der Waals surface area contributed by atoms with E-state index in [1.165, 1.54) is 10.4 Å². The van der Waals surface area contributed by atoms with E-state index in [0.717, 1.165) is 17.5 Å². The minimum absolute atomic E-state index is 0.278.